The van der Waals surface area contributed by atoms with Gasteiger partial charge in [-0.3, -0.25) is 15.5 Å². The summed E-state index contributed by atoms with van der Waals surface area (Å²) in [6.45, 7) is 3.55. The van der Waals surface area contributed by atoms with Gasteiger partial charge < -0.3 is 34.7 Å². The van der Waals surface area contributed by atoms with Gasteiger partial charge in [-0.05, 0) is 71.2 Å². The predicted molar refractivity (Wildman–Crippen MR) is 178 cm³/mol. The molecule has 1 heterocycles. The first-order valence-corrected chi connectivity index (χ1v) is 15.7. The third kappa shape index (κ3) is 9.21. The number of urea groups is 1. The van der Waals surface area contributed by atoms with Crippen LogP contribution >= 0.6 is 31.9 Å². The van der Waals surface area contributed by atoms with Crippen LogP contribution in [0.15, 0.2) is 79.9 Å². The number of amides is 2. The van der Waals surface area contributed by atoms with Crippen LogP contribution in [0.4, 0.5) is 10.5 Å². The van der Waals surface area contributed by atoms with E-state index in [2.05, 4.69) is 53.0 Å². The number of rotatable bonds is 14. The molecule has 0 fully saturated rings. The molecule has 3 aromatic carbocycles. The highest BCUT2D eigenvalue weighted by atomic mass is 79.9. The molecule has 2 atom stereocenters. The molecule has 248 valence electrons. The number of nitro benzene ring substituents is 1. The van der Waals surface area contributed by atoms with Crippen molar-refractivity contribution >= 4 is 55.8 Å². The molecule has 0 saturated heterocycles. The van der Waals surface area contributed by atoms with Crippen molar-refractivity contribution in [3.05, 3.63) is 102 Å². The lowest BCUT2D eigenvalue weighted by atomic mass is 9.95. The highest BCUT2D eigenvalue weighted by molar-refractivity contribution is 9.10. The van der Waals surface area contributed by atoms with E-state index in [9.17, 15) is 24.8 Å². The van der Waals surface area contributed by atoms with Crippen molar-refractivity contribution in [3.63, 3.8) is 0 Å². The number of esters is 1. The molecular weight excluding hydrogens is 746 g/mol. The lowest BCUT2D eigenvalue weighted by molar-refractivity contribution is -0.386. The third-order valence-electron chi connectivity index (χ3n) is 6.65. The van der Waals surface area contributed by atoms with E-state index < -0.39 is 29.2 Å². The molecule has 0 radical (unpaired) electrons. The van der Waals surface area contributed by atoms with Gasteiger partial charge in [-0.15, -0.1) is 0 Å². The molecule has 0 aliphatic carbocycles. The van der Waals surface area contributed by atoms with Crippen LogP contribution in [0.25, 0.3) is 0 Å². The molecule has 3 aromatic rings. The number of hydrazone groups is 1. The second kappa shape index (κ2) is 16.2. The zero-order valence-electron chi connectivity index (χ0n) is 25.4. The highest BCUT2D eigenvalue weighted by Gasteiger charge is 2.32. The lowest BCUT2D eigenvalue weighted by Gasteiger charge is -2.28. The summed E-state index contributed by atoms with van der Waals surface area (Å²) in [7, 11) is 1.25. The zero-order chi connectivity index (χ0) is 34.1. The maximum absolute atomic E-state index is 12.4. The Labute approximate surface area is 286 Å². The number of methoxy groups -OCH3 is 1. The normalized spacial score (nSPS) is 15.0. The number of carbonyl (C=O) groups excluding carboxylic acids is 2. The van der Waals surface area contributed by atoms with Crippen LogP contribution in [-0.4, -0.2) is 54.8 Å². The van der Waals surface area contributed by atoms with E-state index in [1.165, 1.54) is 19.4 Å². The van der Waals surface area contributed by atoms with E-state index in [0.717, 1.165) is 10.0 Å². The van der Waals surface area contributed by atoms with Gasteiger partial charge in [0.05, 0.1) is 40.9 Å². The maximum atomic E-state index is 12.4. The molecule has 0 bridgehead atoms. The van der Waals surface area contributed by atoms with Crippen LogP contribution in [0.5, 0.6) is 17.2 Å². The molecule has 0 spiro atoms. The molecular formula is C31H31Br2N5O9. The van der Waals surface area contributed by atoms with Crippen LogP contribution in [0.3, 0.4) is 0 Å². The van der Waals surface area contributed by atoms with Gasteiger partial charge in [-0.2, -0.15) is 5.10 Å². The summed E-state index contributed by atoms with van der Waals surface area (Å²) < 4.78 is 23.4. The number of aliphatic hydroxyl groups is 1. The molecule has 2 amide bonds. The van der Waals surface area contributed by atoms with Crippen molar-refractivity contribution in [2.45, 2.75) is 32.7 Å². The number of hydrogen-bond donors (Lipinski definition) is 4. The van der Waals surface area contributed by atoms with E-state index in [1.807, 2.05) is 24.3 Å². The fraction of sp³-hybridized carbons (Fsp3) is 0.258. The average molecular weight is 777 g/mol. The van der Waals surface area contributed by atoms with E-state index in [4.69, 9.17) is 18.9 Å². The van der Waals surface area contributed by atoms with E-state index >= 15 is 0 Å². The second-order valence-corrected chi connectivity index (χ2v) is 11.7. The van der Waals surface area contributed by atoms with E-state index in [1.54, 1.807) is 38.1 Å². The Kier molecular flexibility index (Phi) is 12.2. The molecule has 0 aromatic heterocycles. The summed E-state index contributed by atoms with van der Waals surface area (Å²) >= 11 is 6.71. The standard InChI is InChI=1S/C31H31Br2N5O9/c1-4-45-25-13-20(28-27(30(40)44-3)17(2)35-31(41)36-28)7-10-24(25)46-16-26(39)37-34-14-19-11-22(33)29(23(12-19)38(42)43)47-15-18-5-8-21(32)9-6-18/h5-14,26,28,37,39H,4,15-16H2,1-3H3,(H2,35,36,41)/b34-14+/t26-,28-/m1/s1. The van der Waals surface area contributed by atoms with Crippen molar-refractivity contribution in [1.29, 1.82) is 0 Å². The van der Waals surface area contributed by atoms with Gasteiger partial charge in [0.15, 0.2) is 17.7 Å². The van der Waals surface area contributed by atoms with E-state index in [-0.39, 0.29) is 36.8 Å². The van der Waals surface area contributed by atoms with Crippen LogP contribution in [-0.2, 0) is 16.1 Å². The number of nitro groups is 1. The van der Waals surface area contributed by atoms with Crippen LogP contribution in [0, 0.1) is 10.1 Å². The zero-order valence-corrected chi connectivity index (χ0v) is 28.6. The van der Waals surface area contributed by atoms with Gasteiger partial charge in [0.2, 0.25) is 5.75 Å². The second-order valence-electron chi connectivity index (χ2n) is 9.94. The third-order valence-corrected chi connectivity index (χ3v) is 7.77. The molecule has 16 heteroatoms. The molecule has 1 aliphatic heterocycles. The van der Waals surface area contributed by atoms with Crippen molar-refractivity contribution in [3.8, 4) is 17.2 Å². The summed E-state index contributed by atoms with van der Waals surface area (Å²) in [6.07, 6.45) is 0.0364. The lowest BCUT2D eigenvalue weighted by Crippen LogP contribution is -2.45. The van der Waals surface area contributed by atoms with Gasteiger partial charge in [-0.1, -0.05) is 34.1 Å². The molecule has 1 aliphatic rings. The Balaban J connectivity index is 1.41. The highest BCUT2D eigenvalue weighted by Crippen LogP contribution is 2.37. The number of nitrogens with one attached hydrogen (secondary N) is 3. The minimum atomic E-state index is -1.27. The molecule has 4 rings (SSSR count). The number of hydrogen-bond acceptors (Lipinski definition) is 11. The number of carbonyl (C=O) groups is 2. The smallest absolute Gasteiger partial charge is 0.337 e. The van der Waals surface area contributed by atoms with Gasteiger partial charge in [-0.25, -0.2) is 9.59 Å². The van der Waals surface area contributed by atoms with Crippen LogP contribution in [0.1, 0.15) is 36.6 Å². The number of allylic oxidation sites excluding steroid dienone is 1. The fourth-order valence-corrected chi connectivity index (χ4v) is 5.35. The Morgan fingerprint density at radius 1 is 1.13 bits per heavy atom. The maximum Gasteiger partial charge on any atom is 0.337 e. The van der Waals surface area contributed by atoms with Gasteiger partial charge >= 0.3 is 17.7 Å². The predicted octanol–water partition coefficient (Wildman–Crippen LogP) is 5.22. The summed E-state index contributed by atoms with van der Waals surface area (Å²) in [5, 5.41) is 31.5. The van der Waals surface area contributed by atoms with Crippen LogP contribution < -0.4 is 30.3 Å². The quantitative estimate of drug-likeness (QED) is 0.0557. The minimum absolute atomic E-state index is 0.0720. The molecule has 14 nitrogen and oxygen atoms in total. The molecule has 4 N–H and O–H groups in total. The first kappa shape index (κ1) is 35.2. The van der Waals surface area contributed by atoms with E-state index in [0.29, 0.717) is 32.8 Å². The summed E-state index contributed by atoms with van der Waals surface area (Å²) in [5.74, 6) is 0.0769. The van der Waals surface area contributed by atoms with Crippen molar-refractivity contribution in [1.82, 2.24) is 16.1 Å². The summed E-state index contributed by atoms with van der Waals surface area (Å²) in [4.78, 5) is 35.8. The van der Waals surface area contributed by atoms with Gasteiger partial charge in [0, 0.05) is 21.8 Å². The summed E-state index contributed by atoms with van der Waals surface area (Å²) in [5.41, 5.74) is 4.60. The Morgan fingerprint density at radius 3 is 2.55 bits per heavy atom. The molecule has 47 heavy (non-hydrogen) atoms. The Hall–Kier alpha value is -4.67. The van der Waals surface area contributed by atoms with Gasteiger partial charge in [0.1, 0.15) is 13.2 Å². The van der Waals surface area contributed by atoms with Crippen molar-refractivity contribution in [2.24, 2.45) is 5.10 Å². The summed E-state index contributed by atoms with van der Waals surface area (Å²) in [6, 6.07) is 13.9. The Bertz CT molecular complexity index is 1700. The molecule has 0 unspecified atom stereocenters. The number of aliphatic hydroxyl groups excluding tert-OH is 1. The monoisotopic (exact) mass is 775 g/mol. The van der Waals surface area contributed by atoms with Crippen LogP contribution in [0.2, 0.25) is 0 Å². The Morgan fingerprint density at radius 2 is 1.87 bits per heavy atom. The van der Waals surface area contributed by atoms with Crippen molar-refractivity contribution in [2.75, 3.05) is 20.3 Å². The first-order valence-electron chi connectivity index (χ1n) is 14.1. The number of nitrogens with zero attached hydrogens (tertiary/aromatic N) is 2. The number of benzene rings is 3. The number of halogens is 2. The SMILES string of the molecule is CCOc1cc([C@H]2NC(=O)NC(C)=C2C(=O)OC)ccc1OC[C@@H](O)N/N=C/c1cc(Br)c(OCc2ccc(Br)cc2)c([N+](=O)[O-])c1. The fourth-order valence-electron chi connectivity index (χ4n) is 4.51. The topological polar surface area (TPSA) is 183 Å². The first-order chi connectivity index (χ1) is 22.5. The average Bonchev–Trinajstić information content (AvgIpc) is 3.03. The molecule has 0 saturated carbocycles. The number of ether oxygens (including phenoxy) is 4. The van der Waals surface area contributed by atoms with Crippen molar-refractivity contribution < 1.29 is 38.6 Å². The largest absolute Gasteiger partial charge is 0.490 e. The van der Waals surface area contributed by atoms with Gasteiger partial charge in [0.25, 0.3) is 0 Å². The minimum Gasteiger partial charge on any atom is -0.490 e.